The zero-order chi connectivity index (χ0) is 16.4. The number of rotatable bonds is 5. The molecule has 2 heterocycles. The molecule has 0 unspecified atom stereocenters. The van der Waals surface area contributed by atoms with Crippen molar-refractivity contribution in [3.8, 4) is 0 Å². The Hall–Kier alpha value is -1.95. The Morgan fingerprint density at radius 3 is 2.73 bits per heavy atom. The lowest BCUT2D eigenvalue weighted by Crippen LogP contribution is -2.06. The van der Waals surface area contributed by atoms with Crippen LogP contribution in [0.5, 0.6) is 0 Å². The minimum Gasteiger partial charge on any atom is -0.387 e. The summed E-state index contributed by atoms with van der Waals surface area (Å²) >= 11 is 1.68. The van der Waals surface area contributed by atoms with Gasteiger partial charge >= 0.3 is 0 Å². The molecule has 0 fully saturated rings. The number of hydrogen-bond donors (Lipinski definition) is 1. The number of allylic oxidation sites excluding steroid dienone is 2. The third-order valence-corrected chi connectivity index (χ3v) is 3.26. The first kappa shape index (κ1) is 18.1. The predicted molar refractivity (Wildman–Crippen MR) is 94.2 cm³/mol. The quantitative estimate of drug-likeness (QED) is 0.676. The van der Waals surface area contributed by atoms with Crippen LogP contribution in [-0.2, 0) is 13.0 Å². The maximum absolute atomic E-state index is 5.59. The van der Waals surface area contributed by atoms with Gasteiger partial charge in [-0.3, -0.25) is 0 Å². The SMILES string of the molecule is C/C=C(/Cc1cn(Cc2ccsc2)nn1)N=C(C)N.CCC. The van der Waals surface area contributed by atoms with Crippen LogP contribution < -0.4 is 5.73 Å². The van der Waals surface area contributed by atoms with E-state index >= 15 is 0 Å². The zero-order valence-corrected chi connectivity index (χ0v) is 14.6. The molecule has 0 saturated heterocycles. The van der Waals surface area contributed by atoms with Crippen LogP contribution in [0.4, 0.5) is 0 Å². The highest BCUT2D eigenvalue weighted by molar-refractivity contribution is 7.07. The van der Waals surface area contributed by atoms with Crippen molar-refractivity contribution in [1.82, 2.24) is 15.0 Å². The van der Waals surface area contributed by atoms with E-state index in [0.29, 0.717) is 12.3 Å². The molecule has 5 nitrogen and oxygen atoms in total. The van der Waals surface area contributed by atoms with Crippen LogP contribution in [-0.4, -0.2) is 20.8 Å². The monoisotopic (exact) mass is 319 g/mol. The predicted octanol–water partition coefficient (Wildman–Crippen LogP) is 3.63. The molecule has 120 valence electrons. The number of hydrogen-bond acceptors (Lipinski definition) is 4. The Kier molecular flexibility index (Phi) is 8.14. The van der Waals surface area contributed by atoms with E-state index in [0.717, 1.165) is 17.9 Å². The van der Waals surface area contributed by atoms with Crippen molar-refractivity contribution in [2.24, 2.45) is 10.7 Å². The molecule has 0 amide bonds. The van der Waals surface area contributed by atoms with Crippen molar-refractivity contribution < 1.29 is 0 Å². The highest BCUT2D eigenvalue weighted by Gasteiger charge is 2.04. The Bertz CT molecular complexity index is 592. The molecule has 0 aliphatic heterocycles. The molecule has 0 radical (unpaired) electrons. The number of nitrogens with two attached hydrogens (primary N) is 1. The van der Waals surface area contributed by atoms with Crippen LogP contribution in [0.3, 0.4) is 0 Å². The van der Waals surface area contributed by atoms with E-state index in [1.807, 2.05) is 23.9 Å². The second kappa shape index (κ2) is 9.89. The largest absolute Gasteiger partial charge is 0.387 e. The van der Waals surface area contributed by atoms with E-state index < -0.39 is 0 Å². The minimum atomic E-state index is 0.554. The molecule has 2 rings (SSSR count). The summed E-state index contributed by atoms with van der Waals surface area (Å²) in [6.45, 7) is 8.72. The van der Waals surface area contributed by atoms with Gasteiger partial charge in [-0.25, -0.2) is 9.67 Å². The summed E-state index contributed by atoms with van der Waals surface area (Å²) in [4.78, 5) is 4.26. The van der Waals surface area contributed by atoms with Gasteiger partial charge in [-0.15, -0.1) is 5.10 Å². The van der Waals surface area contributed by atoms with Gasteiger partial charge in [0.15, 0.2) is 0 Å². The maximum Gasteiger partial charge on any atom is 0.0960 e. The van der Waals surface area contributed by atoms with Crippen molar-refractivity contribution >= 4 is 17.2 Å². The van der Waals surface area contributed by atoms with Gasteiger partial charge in [-0.1, -0.05) is 31.6 Å². The van der Waals surface area contributed by atoms with Crippen molar-refractivity contribution in [2.75, 3.05) is 0 Å². The van der Waals surface area contributed by atoms with Crippen LogP contribution in [0.15, 0.2) is 39.8 Å². The molecular weight excluding hydrogens is 294 g/mol. The fraction of sp³-hybridized carbons (Fsp3) is 0.438. The molecule has 2 aromatic heterocycles. The van der Waals surface area contributed by atoms with Crippen LogP contribution in [0.2, 0.25) is 0 Å². The summed E-state index contributed by atoms with van der Waals surface area (Å²) in [5, 5.41) is 12.5. The van der Waals surface area contributed by atoms with Gasteiger partial charge in [0, 0.05) is 18.3 Å². The van der Waals surface area contributed by atoms with Crippen LogP contribution >= 0.6 is 11.3 Å². The highest BCUT2D eigenvalue weighted by atomic mass is 32.1. The van der Waals surface area contributed by atoms with Crippen molar-refractivity contribution in [3.05, 3.63) is 46.1 Å². The summed E-state index contributed by atoms with van der Waals surface area (Å²) in [5.74, 6) is 0.554. The Labute approximate surface area is 136 Å². The van der Waals surface area contributed by atoms with Crippen LogP contribution in [0, 0.1) is 0 Å². The number of nitrogens with zero attached hydrogens (tertiary/aromatic N) is 4. The van der Waals surface area contributed by atoms with Gasteiger partial charge in [0.2, 0.25) is 0 Å². The maximum atomic E-state index is 5.59. The van der Waals surface area contributed by atoms with Gasteiger partial charge in [-0.05, 0) is 36.2 Å². The van der Waals surface area contributed by atoms with Crippen LogP contribution in [0.25, 0.3) is 0 Å². The minimum absolute atomic E-state index is 0.554. The van der Waals surface area contributed by atoms with Crippen molar-refractivity contribution in [2.45, 2.75) is 47.1 Å². The van der Waals surface area contributed by atoms with Crippen molar-refractivity contribution in [1.29, 1.82) is 0 Å². The highest BCUT2D eigenvalue weighted by Crippen LogP contribution is 2.10. The molecule has 6 heteroatoms. The van der Waals surface area contributed by atoms with E-state index in [1.165, 1.54) is 12.0 Å². The van der Waals surface area contributed by atoms with Crippen LogP contribution in [0.1, 0.15) is 45.4 Å². The molecule has 0 bridgehead atoms. The molecule has 2 N–H and O–H groups in total. The summed E-state index contributed by atoms with van der Waals surface area (Å²) in [6.07, 6.45) is 5.78. The fourth-order valence-corrected chi connectivity index (χ4v) is 2.34. The van der Waals surface area contributed by atoms with E-state index in [4.69, 9.17) is 5.73 Å². The number of aliphatic imine (C=N–C) groups is 1. The average molecular weight is 319 g/mol. The standard InChI is InChI=1S/C13H17N5S.C3H8/c1-3-12(15-10(2)14)6-13-8-18(17-16-13)7-11-4-5-19-9-11;1-3-2/h3-5,8-9H,6-7H2,1-2H3,(H2,14,15);3H2,1-2H3/b12-3-;. The molecule has 0 atom stereocenters. The smallest absolute Gasteiger partial charge is 0.0960 e. The van der Waals surface area contributed by atoms with Gasteiger partial charge in [0.05, 0.1) is 18.1 Å². The van der Waals surface area contributed by atoms with Gasteiger partial charge < -0.3 is 5.73 Å². The fourth-order valence-electron chi connectivity index (χ4n) is 1.68. The first-order chi connectivity index (χ1) is 10.6. The lowest BCUT2D eigenvalue weighted by Gasteiger charge is -1.98. The lowest BCUT2D eigenvalue weighted by atomic mass is 10.2. The Morgan fingerprint density at radius 1 is 1.45 bits per heavy atom. The summed E-state index contributed by atoms with van der Waals surface area (Å²) < 4.78 is 1.84. The Morgan fingerprint density at radius 2 is 2.18 bits per heavy atom. The molecule has 0 aliphatic carbocycles. The van der Waals surface area contributed by atoms with E-state index in [9.17, 15) is 0 Å². The third-order valence-electron chi connectivity index (χ3n) is 2.53. The van der Waals surface area contributed by atoms with Gasteiger partial charge in [0.25, 0.3) is 0 Å². The third kappa shape index (κ3) is 6.67. The van der Waals surface area contributed by atoms with E-state index in [1.54, 1.807) is 18.3 Å². The number of thiophene rings is 1. The topological polar surface area (TPSA) is 69.1 Å². The summed E-state index contributed by atoms with van der Waals surface area (Å²) in [6, 6.07) is 2.09. The second-order valence-electron chi connectivity index (χ2n) is 4.96. The normalized spacial score (nSPS) is 12.0. The molecule has 22 heavy (non-hydrogen) atoms. The summed E-state index contributed by atoms with van der Waals surface area (Å²) in [7, 11) is 0. The molecule has 0 spiro atoms. The van der Waals surface area contributed by atoms with Gasteiger partial charge in [-0.2, -0.15) is 11.3 Å². The van der Waals surface area contributed by atoms with E-state index in [2.05, 4.69) is 46.0 Å². The number of aromatic nitrogens is 3. The molecule has 0 saturated carbocycles. The molecule has 0 aromatic carbocycles. The molecule has 0 aliphatic rings. The Balaban J connectivity index is 0.000000745. The average Bonchev–Trinajstić information content (AvgIpc) is 3.11. The zero-order valence-electron chi connectivity index (χ0n) is 13.8. The molecule has 2 aromatic rings. The lowest BCUT2D eigenvalue weighted by molar-refractivity contribution is 0.650. The summed E-state index contributed by atoms with van der Waals surface area (Å²) in [5.41, 5.74) is 8.63. The van der Waals surface area contributed by atoms with Gasteiger partial charge in [0.1, 0.15) is 0 Å². The molecular formula is C16H25N5S. The van der Waals surface area contributed by atoms with E-state index in [-0.39, 0.29) is 0 Å². The second-order valence-corrected chi connectivity index (χ2v) is 5.74. The first-order valence-electron chi connectivity index (χ1n) is 7.45. The van der Waals surface area contributed by atoms with Crippen molar-refractivity contribution in [3.63, 3.8) is 0 Å². The first-order valence-corrected chi connectivity index (χ1v) is 8.39. The number of amidine groups is 1.